The summed E-state index contributed by atoms with van der Waals surface area (Å²) in [6.07, 6.45) is 2.97. The number of aromatic nitrogens is 2. The van der Waals surface area contributed by atoms with Crippen molar-refractivity contribution in [3.8, 4) is 11.4 Å². The van der Waals surface area contributed by atoms with Crippen molar-refractivity contribution in [2.75, 3.05) is 5.43 Å². The van der Waals surface area contributed by atoms with Crippen molar-refractivity contribution >= 4 is 29.5 Å². The van der Waals surface area contributed by atoms with Gasteiger partial charge in [-0.2, -0.15) is 14.9 Å². The fourth-order valence-electron chi connectivity index (χ4n) is 2.80. The largest absolute Gasteiger partial charge is 0.423 e. The number of halogens is 1. The van der Waals surface area contributed by atoms with Crippen molar-refractivity contribution in [3.63, 3.8) is 0 Å². The number of rotatable bonds is 6. The van der Waals surface area contributed by atoms with Crippen LogP contribution in [0.3, 0.4) is 0 Å². The minimum atomic E-state index is -0.456. The highest BCUT2D eigenvalue weighted by molar-refractivity contribution is 6.32. The Kier molecular flexibility index (Phi) is 6.38. The molecule has 0 unspecified atom stereocenters. The third-order valence-electron chi connectivity index (χ3n) is 4.42. The van der Waals surface area contributed by atoms with Gasteiger partial charge in [-0.25, -0.2) is 4.79 Å². The predicted octanol–water partition coefficient (Wildman–Crippen LogP) is 4.55. The number of ether oxygens (including phenoxy) is 1. The highest BCUT2D eigenvalue weighted by Gasteiger charge is 2.10. The first-order chi connectivity index (χ1) is 15.6. The molecule has 0 amide bonds. The lowest BCUT2D eigenvalue weighted by molar-refractivity contribution is 0.0735. The van der Waals surface area contributed by atoms with E-state index in [1.165, 1.54) is 10.9 Å². The van der Waals surface area contributed by atoms with Crippen molar-refractivity contribution in [3.05, 3.63) is 118 Å². The Hall–Kier alpha value is -4.23. The van der Waals surface area contributed by atoms with E-state index in [1.54, 1.807) is 66.9 Å². The number of esters is 1. The minimum Gasteiger partial charge on any atom is -0.423 e. The first kappa shape index (κ1) is 21.0. The van der Waals surface area contributed by atoms with Crippen LogP contribution in [0.5, 0.6) is 5.75 Å². The molecule has 158 valence electrons. The van der Waals surface area contributed by atoms with Crippen LogP contribution in [-0.4, -0.2) is 22.0 Å². The van der Waals surface area contributed by atoms with Crippen molar-refractivity contribution in [1.29, 1.82) is 0 Å². The molecule has 0 spiro atoms. The Morgan fingerprint density at radius 1 is 0.969 bits per heavy atom. The third kappa shape index (κ3) is 4.91. The lowest BCUT2D eigenvalue weighted by Gasteiger charge is -2.07. The maximum Gasteiger partial charge on any atom is 0.343 e. The lowest BCUT2D eigenvalue weighted by Crippen LogP contribution is -2.22. The maximum absolute atomic E-state index is 12.5. The van der Waals surface area contributed by atoms with Gasteiger partial charge in [-0.15, -0.1) is 0 Å². The molecule has 8 heteroatoms. The Balaban J connectivity index is 1.40. The summed E-state index contributed by atoms with van der Waals surface area (Å²) in [5.74, 6) is -0.0122. The molecule has 0 aliphatic heterocycles. The van der Waals surface area contributed by atoms with E-state index in [9.17, 15) is 9.59 Å². The molecule has 32 heavy (non-hydrogen) atoms. The van der Waals surface area contributed by atoms with E-state index >= 15 is 0 Å². The van der Waals surface area contributed by atoms with Gasteiger partial charge in [0.15, 0.2) is 0 Å². The highest BCUT2D eigenvalue weighted by Crippen LogP contribution is 2.17. The molecular formula is C24H17ClN4O3. The van der Waals surface area contributed by atoms with Crippen LogP contribution in [0.4, 0.5) is 5.69 Å². The van der Waals surface area contributed by atoms with Gasteiger partial charge in [-0.3, -0.25) is 10.2 Å². The highest BCUT2D eigenvalue weighted by atomic mass is 35.5. The van der Waals surface area contributed by atoms with Gasteiger partial charge in [-0.05, 0) is 54.1 Å². The molecule has 7 nitrogen and oxygen atoms in total. The van der Waals surface area contributed by atoms with Crippen LogP contribution in [0.1, 0.15) is 15.9 Å². The number of carbonyl (C=O) groups is 1. The smallest absolute Gasteiger partial charge is 0.343 e. The maximum atomic E-state index is 12.5. The van der Waals surface area contributed by atoms with Crippen LogP contribution < -0.4 is 15.7 Å². The molecule has 1 N–H and O–H groups in total. The van der Waals surface area contributed by atoms with Crippen LogP contribution >= 0.6 is 11.6 Å². The van der Waals surface area contributed by atoms with Crippen LogP contribution in [0, 0.1) is 0 Å². The summed E-state index contributed by atoms with van der Waals surface area (Å²) in [5, 5.41) is 8.21. The number of carbonyl (C=O) groups excluding carboxylic acids is 1. The average Bonchev–Trinajstić information content (AvgIpc) is 2.84. The van der Waals surface area contributed by atoms with Crippen LogP contribution in [0.25, 0.3) is 5.69 Å². The van der Waals surface area contributed by atoms with Gasteiger partial charge < -0.3 is 4.74 Å². The van der Waals surface area contributed by atoms with E-state index in [4.69, 9.17) is 16.3 Å². The molecule has 0 saturated heterocycles. The van der Waals surface area contributed by atoms with Crippen molar-refractivity contribution in [2.45, 2.75) is 0 Å². The molecule has 0 fully saturated rings. The normalized spacial score (nSPS) is 10.8. The topological polar surface area (TPSA) is 85.6 Å². The summed E-state index contributed by atoms with van der Waals surface area (Å²) in [5.41, 5.74) is 4.39. The zero-order valence-corrected chi connectivity index (χ0v) is 17.4. The first-order valence-corrected chi connectivity index (χ1v) is 9.99. The van der Waals surface area contributed by atoms with E-state index in [2.05, 4.69) is 15.6 Å². The summed E-state index contributed by atoms with van der Waals surface area (Å²) in [7, 11) is 0. The molecule has 3 aromatic carbocycles. The summed E-state index contributed by atoms with van der Waals surface area (Å²) in [6, 6.07) is 24.5. The van der Waals surface area contributed by atoms with Crippen molar-refractivity contribution in [1.82, 2.24) is 9.78 Å². The van der Waals surface area contributed by atoms with Gasteiger partial charge >= 0.3 is 5.97 Å². The molecular weight excluding hydrogens is 428 g/mol. The number of anilines is 1. The van der Waals surface area contributed by atoms with Crippen LogP contribution in [-0.2, 0) is 0 Å². The summed E-state index contributed by atoms with van der Waals surface area (Å²) < 4.78 is 6.56. The van der Waals surface area contributed by atoms with E-state index in [1.807, 2.05) is 24.3 Å². The number of para-hydroxylation sites is 1. The second-order valence-corrected chi connectivity index (χ2v) is 7.00. The van der Waals surface area contributed by atoms with E-state index in [0.29, 0.717) is 17.0 Å². The molecule has 4 rings (SSSR count). The standard InChI is InChI=1S/C24H17ClN4O3/c25-22-21(16-27-29(23(22)30)19-9-5-2-6-10-19)28-26-15-17-11-13-20(14-12-17)32-24(31)18-7-3-1-4-8-18/h1-16,28H/b26-15+. The first-order valence-electron chi connectivity index (χ1n) is 9.61. The van der Waals surface area contributed by atoms with Crippen LogP contribution in [0.2, 0.25) is 5.02 Å². The molecule has 0 atom stereocenters. The fourth-order valence-corrected chi connectivity index (χ4v) is 2.97. The summed E-state index contributed by atoms with van der Waals surface area (Å²) >= 11 is 6.19. The number of hydrogen-bond donors (Lipinski definition) is 1. The van der Waals surface area contributed by atoms with E-state index in [0.717, 1.165) is 5.56 Å². The average molecular weight is 445 g/mol. The van der Waals surface area contributed by atoms with E-state index < -0.39 is 11.5 Å². The Morgan fingerprint density at radius 2 is 1.62 bits per heavy atom. The Labute approximate surface area is 188 Å². The number of nitrogens with one attached hydrogen (secondary N) is 1. The lowest BCUT2D eigenvalue weighted by atomic mass is 10.2. The zero-order valence-electron chi connectivity index (χ0n) is 16.7. The fraction of sp³-hybridized carbons (Fsp3) is 0. The second-order valence-electron chi connectivity index (χ2n) is 6.62. The summed E-state index contributed by atoms with van der Waals surface area (Å²) in [4.78, 5) is 24.6. The molecule has 0 bridgehead atoms. The minimum absolute atomic E-state index is 0.0239. The number of hydrazone groups is 1. The molecule has 4 aromatic rings. The van der Waals surface area contributed by atoms with Crippen molar-refractivity contribution in [2.24, 2.45) is 5.10 Å². The second kappa shape index (κ2) is 9.72. The Morgan fingerprint density at radius 3 is 2.31 bits per heavy atom. The van der Waals surface area contributed by atoms with Gasteiger partial charge in [0.1, 0.15) is 16.5 Å². The van der Waals surface area contributed by atoms with Crippen molar-refractivity contribution < 1.29 is 9.53 Å². The monoisotopic (exact) mass is 444 g/mol. The SMILES string of the molecule is O=C(Oc1ccc(/C=N/Nc2cnn(-c3ccccc3)c(=O)c2Cl)cc1)c1ccccc1. The number of hydrogen-bond acceptors (Lipinski definition) is 6. The molecule has 0 radical (unpaired) electrons. The Bertz CT molecular complexity index is 1300. The molecule has 1 aromatic heterocycles. The van der Waals surface area contributed by atoms with Gasteiger partial charge in [0, 0.05) is 0 Å². The zero-order chi connectivity index (χ0) is 22.3. The molecule has 1 heterocycles. The van der Waals surface area contributed by atoms with Gasteiger partial charge in [0.2, 0.25) is 0 Å². The number of benzene rings is 3. The van der Waals surface area contributed by atoms with Crippen LogP contribution in [0.15, 0.2) is 101 Å². The molecule has 0 aliphatic carbocycles. The summed E-state index contributed by atoms with van der Waals surface area (Å²) in [6.45, 7) is 0. The van der Waals surface area contributed by atoms with Gasteiger partial charge in [0.25, 0.3) is 5.56 Å². The van der Waals surface area contributed by atoms with Gasteiger partial charge in [-0.1, -0.05) is 48.0 Å². The third-order valence-corrected chi connectivity index (χ3v) is 4.78. The molecule has 0 aliphatic rings. The van der Waals surface area contributed by atoms with Gasteiger partial charge in [0.05, 0.1) is 23.7 Å². The quantitative estimate of drug-likeness (QED) is 0.204. The van der Waals surface area contributed by atoms with E-state index in [-0.39, 0.29) is 10.7 Å². The molecule has 0 saturated carbocycles. The predicted molar refractivity (Wildman–Crippen MR) is 124 cm³/mol. The number of nitrogens with zero attached hydrogens (tertiary/aromatic N) is 3.